The topological polar surface area (TPSA) is 77.4 Å². The molecule has 0 saturated heterocycles. The first kappa shape index (κ1) is 30.5. The Morgan fingerprint density at radius 2 is 0.732 bits per heavy atom. The summed E-state index contributed by atoms with van der Waals surface area (Å²) in [5.41, 5.74) is 1.95. The molecule has 4 rings (SSSR count). The Hall–Kier alpha value is -3.42. The monoisotopic (exact) mass is 596 g/mol. The highest BCUT2D eigenvalue weighted by Gasteiger charge is 2.23. The van der Waals surface area contributed by atoms with Crippen molar-refractivity contribution in [3.05, 3.63) is 118 Å². The van der Waals surface area contributed by atoms with Crippen LogP contribution in [0.5, 0.6) is 23.0 Å². The van der Waals surface area contributed by atoms with Crippen LogP contribution >= 0.6 is 23.2 Å². The van der Waals surface area contributed by atoms with Crippen LogP contribution in [0.1, 0.15) is 25.0 Å². The van der Waals surface area contributed by atoms with Gasteiger partial charge in [0.2, 0.25) is 0 Å². The quantitative estimate of drug-likeness (QED) is 0.164. The molecule has 0 radical (unpaired) electrons. The molecule has 0 fully saturated rings. The zero-order valence-corrected chi connectivity index (χ0v) is 24.5. The van der Waals surface area contributed by atoms with Crippen LogP contribution in [0.4, 0.5) is 0 Å². The molecule has 41 heavy (non-hydrogen) atoms. The molecule has 2 unspecified atom stereocenters. The van der Waals surface area contributed by atoms with Crippen molar-refractivity contribution < 1.29 is 29.2 Å². The molecule has 2 atom stereocenters. The fraction of sp³-hybridized carbons (Fsp3) is 0.273. The molecule has 216 valence electrons. The van der Waals surface area contributed by atoms with E-state index in [1.165, 1.54) is 0 Å². The maximum atomic E-state index is 10.2. The molecule has 0 spiro atoms. The molecule has 8 heteroatoms. The lowest BCUT2D eigenvalue weighted by Crippen LogP contribution is -2.25. The van der Waals surface area contributed by atoms with Crippen LogP contribution in [0.3, 0.4) is 0 Å². The van der Waals surface area contributed by atoms with E-state index in [9.17, 15) is 10.2 Å². The third-order valence-corrected chi connectivity index (χ3v) is 7.05. The van der Waals surface area contributed by atoms with E-state index in [1.807, 2.05) is 48.5 Å². The van der Waals surface area contributed by atoms with E-state index in [1.54, 1.807) is 48.5 Å². The number of ether oxygens (including phenoxy) is 4. The minimum Gasteiger partial charge on any atom is -0.491 e. The van der Waals surface area contributed by atoms with Gasteiger partial charge in [-0.3, -0.25) is 0 Å². The summed E-state index contributed by atoms with van der Waals surface area (Å²) in [6, 6.07) is 29.6. The van der Waals surface area contributed by atoms with Crippen LogP contribution in [-0.4, -0.2) is 48.8 Å². The van der Waals surface area contributed by atoms with Crippen molar-refractivity contribution in [2.75, 3.05) is 26.4 Å². The molecule has 0 aliphatic rings. The first-order valence-electron chi connectivity index (χ1n) is 13.3. The molecule has 2 N–H and O–H groups in total. The number of aliphatic hydroxyl groups excluding tert-OH is 2. The maximum absolute atomic E-state index is 10.2. The fourth-order valence-electron chi connectivity index (χ4n) is 4.03. The molecule has 0 heterocycles. The van der Waals surface area contributed by atoms with Crippen molar-refractivity contribution in [1.29, 1.82) is 0 Å². The van der Waals surface area contributed by atoms with Crippen molar-refractivity contribution >= 4 is 23.2 Å². The first-order chi connectivity index (χ1) is 19.7. The van der Waals surface area contributed by atoms with Gasteiger partial charge in [-0.2, -0.15) is 0 Å². The summed E-state index contributed by atoms with van der Waals surface area (Å²) in [6.07, 6.45) is -1.56. The SMILES string of the molecule is CC(C)(c1ccc(OCC(O)COc2ccc(Cl)cc2)cc1)c1ccc(OCC(O)COc2ccc(Cl)cc2)cc1. The molecular weight excluding hydrogens is 563 g/mol. The van der Waals surface area contributed by atoms with Crippen LogP contribution in [-0.2, 0) is 5.41 Å². The van der Waals surface area contributed by atoms with Gasteiger partial charge >= 0.3 is 0 Å². The molecule has 6 nitrogen and oxygen atoms in total. The van der Waals surface area contributed by atoms with Crippen molar-refractivity contribution in [3.63, 3.8) is 0 Å². The van der Waals surface area contributed by atoms with Crippen LogP contribution in [0, 0.1) is 0 Å². The minimum atomic E-state index is -0.778. The molecular formula is C33H34Cl2O6. The van der Waals surface area contributed by atoms with Gasteiger partial charge in [-0.1, -0.05) is 61.3 Å². The van der Waals surface area contributed by atoms with E-state index in [4.69, 9.17) is 42.1 Å². The third-order valence-electron chi connectivity index (χ3n) is 6.55. The van der Waals surface area contributed by atoms with Crippen molar-refractivity contribution in [2.24, 2.45) is 0 Å². The van der Waals surface area contributed by atoms with E-state index in [-0.39, 0.29) is 31.8 Å². The highest BCUT2D eigenvalue weighted by atomic mass is 35.5. The molecule has 4 aromatic carbocycles. The Bertz CT molecular complexity index is 1240. The van der Waals surface area contributed by atoms with Gasteiger partial charge in [-0.15, -0.1) is 0 Å². The summed E-state index contributed by atoms with van der Waals surface area (Å²) in [7, 11) is 0. The fourth-order valence-corrected chi connectivity index (χ4v) is 4.28. The number of aliphatic hydroxyl groups is 2. The third kappa shape index (κ3) is 9.30. The van der Waals surface area contributed by atoms with Gasteiger partial charge < -0.3 is 29.2 Å². The Morgan fingerprint density at radius 1 is 0.488 bits per heavy atom. The highest BCUT2D eigenvalue weighted by Crippen LogP contribution is 2.33. The number of hydrogen-bond acceptors (Lipinski definition) is 6. The van der Waals surface area contributed by atoms with Crippen LogP contribution in [0.15, 0.2) is 97.1 Å². The molecule has 0 amide bonds. The lowest BCUT2D eigenvalue weighted by atomic mass is 9.78. The van der Waals surface area contributed by atoms with E-state index in [2.05, 4.69) is 13.8 Å². The molecule has 0 aliphatic heterocycles. The normalized spacial score (nSPS) is 12.8. The van der Waals surface area contributed by atoms with Gasteiger partial charge in [0.15, 0.2) is 0 Å². The van der Waals surface area contributed by atoms with Gasteiger partial charge in [-0.25, -0.2) is 0 Å². The van der Waals surface area contributed by atoms with Crippen molar-refractivity contribution in [1.82, 2.24) is 0 Å². The minimum absolute atomic E-state index is 0.111. The second kappa shape index (κ2) is 14.5. The largest absolute Gasteiger partial charge is 0.491 e. The van der Waals surface area contributed by atoms with Gasteiger partial charge in [0, 0.05) is 15.5 Å². The predicted molar refractivity (Wildman–Crippen MR) is 162 cm³/mol. The van der Waals surface area contributed by atoms with E-state index in [0.29, 0.717) is 33.0 Å². The second-order valence-electron chi connectivity index (χ2n) is 10.1. The zero-order chi connectivity index (χ0) is 29.2. The molecule has 0 bridgehead atoms. The van der Waals surface area contributed by atoms with E-state index >= 15 is 0 Å². The Morgan fingerprint density at radius 3 is 1.00 bits per heavy atom. The lowest BCUT2D eigenvalue weighted by molar-refractivity contribution is 0.0626. The summed E-state index contributed by atoms with van der Waals surface area (Å²) in [5.74, 6) is 2.60. The standard InChI is InChI=1S/C33H34Cl2O6/c1-33(2,23-3-11-29(12-4-23)38-19-27(36)21-40-31-15-7-25(34)8-16-31)24-5-13-30(14-6-24)39-20-28(37)22-41-32-17-9-26(35)10-18-32/h3-18,27-28,36-37H,19-22H2,1-2H3. The van der Waals surface area contributed by atoms with Gasteiger partial charge in [0.05, 0.1) is 0 Å². The average molecular weight is 598 g/mol. The molecule has 0 aliphatic carbocycles. The van der Waals surface area contributed by atoms with Crippen LogP contribution in [0.25, 0.3) is 0 Å². The van der Waals surface area contributed by atoms with Gasteiger partial charge in [-0.05, 0) is 83.9 Å². The lowest BCUT2D eigenvalue weighted by Gasteiger charge is -2.26. The number of halogens is 2. The molecule has 0 aromatic heterocycles. The van der Waals surface area contributed by atoms with E-state index < -0.39 is 12.2 Å². The number of hydrogen-bond donors (Lipinski definition) is 2. The summed E-state index contributed by atoms with van der Waals surface area (Å²) < 4.78 is 22.7. The van der Waals surface area contributed by atoms with E-state index in [0.717, 1.165) is 11.1 Å². The smallest absolute Gasteiger partial charge is 0.122 e. The van der Waals surface area contributed by atoms with Crippen LogP contribution in [0.2, 0.25) is 10.0 Å². The Kier molecular flexibility index (Phi) is 10.8. The summed E-state index contributed by atoms with van der Waals surface area (Å²) in [5, 5.41) is 21.7. The zero-order valence-electron chi connectivity index (χ0n) is 23.0. The van der Waals surface area contributed by atoms with Gasteiger partial charge in [0.25, 0.3) is 0 Å². The first-order valence-corrected chi connectivity index (χ1v) is 14.0. The predicted octanol–water partition coefficient (Wildman–Crippen LogP) is 6.96. The average Bonchev–Trinajstić information content (AvgIpc) is 2.99. The van der Waals surface area contributed by atoms with Gasteiger partial charge in [0.1, 0.15) is 61.6 Å². The van der Waals surface area contributed by atoms with Crippen molar-refractivity contribution in [3.8, 4) is 23.0 Å². The summed E-state index contributed by atoms with van der Waals surface area (Å²) in [4.78, 5) is 0. The van der Waals surface area contributed by atoms with Crippen molar-refractivity contribution in [2.45, 2.75) is 31.5 Å². The number of benzene rings is 4. The summed E-state index contributed by atoms with van der Waals surface area (Å²) in [6.45, 7) is 4.74. The maximum Gasteiger partial charge on any atom is 0.122 e. The second-order valence-corrected chi connectivity index (χ2v) is 11.0. The number of rotatable bonds is 14. The molecule has 4 aromatic rings. The van der Waals surface area contributed by atoms with Crippen LogP contribution < -0.4 is 18.9 Å². The Balaban J connectivity index is 1.22. The Labute approximate surface area is 251 Å². The highest BCUT2D eigenvalue weighted by molar-refractivity contribution is 6.30. The molecule has 0 saturated carbocycles. The summed E-state index contributed by atoms with van der Waals surface area (Å²) >= 11 is 11.8.